The second kappa shape index (κ2) is 7.41. The largest absolute Gasteiger partial charge is 0.378 e. The Morgan fingerprint density at radius 1 is 1.25 bits per heavy atom. The Balaban J connectivity index is 1.72. The second-order valence-electron chi connectivity index (χ2n) is 6.23. The Hall–Kier alpha value is -0.610. The zero-order valence-corrected chi connectivity index (χ0v) is 13.0. The molecule has 20 heavy (non-hydrogen) atoms. The van der Waals surface area contributed by atoms with Gasteiger partial charge in [0.15, 0.2) is 0 Å². The lowest BCUT2D eigenvalue weighted by molar-refractivity contribution is -0.131. The van der Waals surface area contributed by atoms with Gasteiger partial charge in [-0.25, -0.2) is 0 Å². The third-order valence-corrected chi connectivity index (χ3v) is 5.00. The van der Waals surface area contributed by atoms with Crippen LogP contribution >= 0.6 is 0 Å². The quantitative estimate of drug-likeness (QED) is 0.718. The minimum atomic E-state index is 0.167. The molecule has 0 aliphatic heterocycles. The lowest BCUT2D eigenvalue weighted by Gasteiger charge is -2.54. The lowest BCUT2D eigenvalue weighted by Crippen LogP contribution is -2.62. The standard InChI is InChI=1S/C16H30N2O2/c1-3-10-18-15(19)7-11-17-13-12-14(20-4-2)16(13)8-5-6-9-16/h13-14,17H,3-12H2,1-2H3,(H,18,19). The van der Waals surface area contributed by atoms with E-state index in [-0.39, 0.29) is 5.91 Å². The van der Waals surface area contributed by atoms with Crippen LogP contribution in [0.15, 0.2) is 0 Å². The van der Waals surface area contributed by atoms with Crippen molar-refractivity contribution in [3.05, 3.63) is 0 Å². The monoisotopic (exact) mass is 282 g/mol. The van der Waals surface area contributed by atoms with Gasteiger partial charge in [-0.05, 0) is 32.6 Å². The molecule has 0 aromatic rings. The van der Waals surface area contributed by atoms with E-state index in [0.29, 0.717) is 24.0 Å². The van der Waals surface area contributed by atoms with Gasteiger partial charge in [0.25, 0.3) is 0 Å². The van der Waals surface area contributed by atoms with E-state index in [4.69, 9.17) is 4.74 Å². The summed E-state index contributed by atoms with van der Waals surface area (Å²) in [4.78, 5) is 11.6. The van der Waals surface area contributed by atoms with Gasteiger partial charge in [-0.3, -0.25) is 4.79 Å². The summed E-state index contributed by atoms with van der Waals surface area (Å²) in [5.74, 6) is 0.167. The van der Waals surface area contributed by atoms with Crippen LogP contribution in [0, 0.1) is 5.41 Å². The molecule has 0 bridgehead atoms. The summed E-state index contributed by atoms with van der Waals surface area (Å²) in [5, 5.41) is 6.54. The third-order valence-electron chi connectivity index (χ3n) is 5.00. The molecule has 0 heterocycles. The van der Waals surface area contributed by atoms with E-state index in [0.717, 1.165) is 32.5 Å². The summed E-state index contributed by atoms with van der Waals surface area (Å²) in [5.41, 5.74) is 0.371. The second-order valence-corrected chi connectivity index (χ2v) is 6.23. The maximum Gasteiger partial charge on any atom is 0.221 e. The normalized spacial score (nSPS) is 27.5. The Morgan fingerprint density at radius 3 is 2.65 bits per heavy atom. The number of hydrogen-bond donors (Lipinski definition) is 2. The van der Waals surface area contributed by atoms with Gasteiger partial charge in [0, 0.05) is 37.6 Å². The molecule has 2 fully saturated rings. The molecule has 116 valence electrons. The van der Waals surface area contributed by atoms with Crippen molar-refractivity contribution >= 4 is 5.91 Å². The zero-order chi connectivity index (χ0) is 14.4. The predicted octanol–water partition coefficient (Wildman–Crippen LogP) is 2.23. The van der Waals surface area contributed by atoms with Crippen LogP contribution in [0.5, 0.6) is 0 Å². The van der Waals surface area contributed by atoms with E-state index in [1.165, 1.54) is 25.7 Å². The Kier molecular flexibility index (Phi) is 5.85. The minimum Gasteiger partial charge on any atom is -0.378 e. The summed E-state index contributed by atoms with van der Waals surface area (Å²) >= 11 is 0. The number of hydrogen-bond acceptors (Lipinski definition) is 3. The van der Waals surface area contributed by atoms with E-state index in [1.54, 1.807) is 0 Å². The van der Waals surface area contributed by atoms with E-state index in [9.17, 15) is 4.79 Å². The highest BCUT2D eigenvalue weighted by Gasteiger charge is 2.56. The first-order chi connectivity index (χ1) is 9.73. The molecule has 0 radical (unpaired) electrons. The van der Waals surface area contributed by atoms with Gasteiger partial charge in [-0.15, -0.1) is 0 Å². The van der Waals surface area contributed by atoms with Crippen molar-refractivity contribution < 1.29 is 9.53 Å². The molecule has 1 amide bonds. The first kappa shape index (κ1) is 15.8. The molecule has 2 N–H and O–H groups in total. The Bertz CT molecular complexity index is 314. The van der Waals surface area contributed by atoms with Gasteiger partial charge in [0.05, 0.1) is 6.10 Å². The molecular formula is C16H30N2O2. The number of rotatable bonds is 8. The smallest absolute Gasteiger partial charge is 0.221 e. The molecule has 2 aliphatic rings. The molecule has 2 atom stereocenters. The average Bonchev–Trinajstić information content (AvgIpc) is 2.95. The number of carbonyl (C=O) groups is 1. The van der Waals surface area contributed by atoms with Gasteiger partial charge >= 0.3 is 0 Å². The summed E-state index contributed by atoms with van der Waals surface area (Å²) in [6.07, 6.45) is 8.39. The van der Waals surface area contributed by atoms with Gasteiger partial charge in [-0.2, -0.15) is 0 Å². The molecule has 2 saturated carbocycles. The fourth-order valence-electron chi connectivity index (χ4n) is 3.89. The van der Waals surface area contributed by atoms with Crippen LogP contribution in [0.1, 0.15) is 58.8 Å². The number of amides is 1. The summed E-state index contributed by atoms with van der Waals surface area (Å²) in [6.45, 7) is 6.56. The third kappa shape index (κ3) is 3.34. The van der Waals surface area contributed by atoms with E-state index >= 15 is 0 Å². The van der Waals surface area contributed by atoms with Crippen molar-refractivity contribution in [3.8, 4) is 0 Å². The number of carbonyl (C=O) groups excluding carboxylic acids is 1. The molecule has 2 aliphatic carbocycles. The zero-order valence-electron chi connectivity index (χ0n) is 13.0. The molecule has 2 rings (SSSR count). The van der Waals surface area contributed by atoms with E-state index < -0.39 is 0 Å². The van der Waals surface area contributed by atoms with Crippen molar-refractivity contribution in [2.75, 3.05) is 19.7 Å². The summed E-state index contributed by atoms with van der Waals surface area (Å²) in [6, 6.07) is 0.556. The average molecular weight is 282 g/mol. The van der Waals surface area contributed by atoms with Crippen molar-refractivity contribution in [2.24, 2.45) is 5.41 Å². The number of ether oxygens (including phenoxy) is 1. The summed E-state index contributed by atoms with van der Waals surface area (Å²) in [7, 11) is 0. The first-order valence-electron chi connectivity index (χ1n) is 8.34. The number of nitrogens with one attached hydrogen (secondary N) is 2. The Morgan fingerprint density at radius 2 is 2.00 bits per heavy atom. The van der Waals surface area contributed by atoms with Crippen molar-refractivity contribution in [1.29, 1.82) is 0 Å². The SMILES string of the molecule is CCCNC(=O)CCNC1CC(OCC)C12CCCC2. The predicted molar refractivity (Wildman–Crippen MR) is 80.6 cm³/mol. The van der Waals surface area contributed by atoms with Gasteiger partial charge < -0.3 is 15.4 Å². The fraction of sp³-hybridized carbons (Fsp3) is 0.938. The fourth-order valence-corrected chi connectivity index (χ4v) is 3.89. The lowest BCUT2D eigenvalue weighted by atomic mass is 9.60. The van der Waals surface area contributed by atoms with Crippen LogP contribution in [-0.2, 0) is 9.53 Å². The molecule has 4 nitrogen and oxygen atoms in total. The highest BCUT2D eigenvalue weighted by molar-refractivity contribution is 5.75. The summed E-state index contributed by atoms with van der Waals surface area (Å²) < 4.78 is 5.91. The molecule has 0 aromatic carbocycles. The first-order valence-corrected chi connectivity index (χ1v) is 8.34. The topological polar surface area (TPSA) is 50.4 Å². The maximum absolute atomic E-state index is 11.6. The van der Waals surface area contributed by atoms with Crippen LogP contribution < -0.4 is 10.6 Å². The van der Waals surface area contributed by atoms with Crippen LogP contribution in [-0.4, -0.2) is 37.7 Å². The molecule has 0 aromatic heterocycles. The van der Waals surface area contributed by atoms with E-state index in [2.05, 4.69) is 24.5 Å². The van der Waals surface area contributed by atoms with Gasteiger partial charge in [0.2, 0.25) is 5.91 Å². The van der Waals surface area contributed by atoms with Gasteiger partial charge in [0.1, 0.15) is 0 Å². The Labute approximate surface area is 123 Å². The van der Waals surface area contributed by atoms with Crippen LogP contribution in [0.2, 0.25) is 0 Å². The molecule has 2 unspecified atom stereocenters. The van der Waals surface area contributed by atoms with Crippen LogP contribution in [0.3, 0.4) is 0 Å². The molecule has 0 saturated heterocycles. The molecular weight excluding hydrogens is 252 g/mol. The van der Waals surface area contributed by atoms with Crippen molar-refractivity contribution in [1.82, 2.24) is 10.6 Å². The molecule has 4 heteroatoms. The highest BCUT2D eigenvalue weighted by atomic mass is 16.5. The van der Waals surface area contributed by atoms with Crippen molar-refractivity contribution in [2.45, 2.75) is 70.9 Å². The minimum absolute atomic E-state index is 0.167. The van der Waals surface area contributed by atoms with E-state index in [1.807, 2.05) is 0 Å². The molecule has 1 spiro atoms. The van der Waals surface area contributed by atoms with Crippen LogP contribution in [0.4, 0.5) is 0 Å². The van der Waals surface area contributed by atoms with Gasteiger partial charge in [-0.1, -0.05) is 19.8 Å². The maximum atomic E-state index is 11.6. The highest BCUT2D eigenvalue weighted by Crippen LogP contribution is 2.54. The van der Waals surface area contributed by atoms with Crippen molar-refractivity contribution in [3.63, 3.8) is 0 Å². The van der Waals surface area contributed by atoms with Crippen LogP contribution in [0.25, 0.3) is 0 Å².